The van der Waals surface area contributed by atoms with Crippen molar-refractivity contribution in [2.24, 2.45) is 0 Å². The van der Waals surface area contributed by atoms with Crippen molar-refractivity contribution in [2.75, 3.05) is 0 Å². The maximum absolute atomic E-state index is 10.4. The van der Waals surface area contributed by atoms with Gasteiger partial charge in [-0.2, -0.15) is 0 Å². The minimum Gasteiger partial charge on any atom is -0.387 e. The fraction of sp³-hybridized carbons (Fsp3) is 0.333. The van der Waals surface area contributed by atoms with E-state index in [0.717, 1.165) is 9.35 Å². The molecule has 0 saturated carbocycles. The molecular formula is C15H17BrOS. The first-order valence-corrected chi connectivity index (χ1v) is 7.59. The van der Waals surface area contributed by atoms with Gasteiger partial charge >= 0.3 is 0 Å². The van der Waals surface area contributed by atoms with Crippen molar-refractivity contribution in [2.45, 2.75) is 33.3 Å². The Labute approximate surface area is 121 Å². The fourth-order valence-electron chi connectivity index (χ4n) is 2.11. The number of halogens is 1. The average molecular weight is 325 g/mol. The molecule has 2 aromatic rings. The lowest BCUT2D eigenvalue weighted by Gasteiger charge is -2.13. The summed E-state index contributed by atoms with van der Waals surface area (Å²) in [5, 5.41) is 10.4. The third-order valence-electron chi connectivity index (χ3n) is 3.25. The fourth-order valence-corrected chi connectivity index (χ4v) is 3.66. The Hall–Kier alpha value is -0.640. The summed E-state index contributed by atoms with van der Waals surface area (Å²) in [4.78, 5) is 2.24. The zero-order valence-corrected chi connectivity index (χ0v) is 13.2. The van der Waals surface area contributed by atoms with E-state index in [2.05, 4.69) is 54.9 Å². The van der Waals surface area contributed by atoms with Crippen LogP contribution in [0.1, 0.15) is 32.5 Å². The number of rotatable bonds is 3. The highest BCUT2D eigenvalue weighted by Crippen LogP contribution is 2.32. The minimum atomic E-state index is -0.417. The summed E-state index contributed by atoms with van der Waals surface area (Å²) < 4.78 is 1.09. The van der Waals surface area contributed by atoms with Crippen LogP contribution in [-0.2, 0) is 6.42 Å². The Morgan fingerprint density at radius 1 is 1.22 bits per heavy atom. The summed E-state index contributed by atoms with van der Waals surface area (Å²) in [5.41, 5.74) is 3.76. The summed E-state index contributed by atoms with van der Waals surface area (Å²) >= 11 is 5.15. The number of thiophene rings is 1. The molecule has 1 unspecified atom stereocenters. The number of hydrogen-bond acceptors (Lipinski definition) is 2. The third kappa shape index (κ3) is 2.85. The molecule has 96 valence electrons. The topological polar surface area (TPSA) is 20.2 Å². The number of benzene rings is 1. The number of hydrogen-bond donors (Lipinski definition) is 1. The molecule has 0 spiro atoms. The van der Waals surface area contributed by atoms with E-state index in [9.17, 15) is 5.11 Å². The molecule has 0 radical (unpaired) electrons. The lowest BCUT2D eigenvalue weighted by molar-refractivity contribution is 0.182. The molecule has 1 nitrogen and oxygen atoms in total. The summed E-state index contributed by atoms with van der Waals surface area (Å²) in [7, 11) is 0. The van der Waals surface area contributed by atoms with E-state index in [1.54, 1.807) is 11.3 Å². The van der Waals surface area contributed by atoms with Crippen molar-refractivity contribution in [3.8, 4) is 0 Å². The van der Waals surface area contributed by atoms with Crippen LogP contribution in [0.5, 0.6) is 0 Å². The van der Waals surface area contributed by atoms with Gasteiger partial charge < -0.3 is 5.11 Å². The van der Waals surface area contributed by atoms with Crippen LogP contribution in [0.4, 0.5) is 0 Å². The lowest BCUT2D eigenvalue weighted by Crippen LogP contribution is -2.03. The highest BCUT2D eigenvalue weighted by Gasteiger charge is 2.15. The van der Waals surface area contributed by atoms with Gasteiger partial charge in [0.2, 0.25) is 0 Å². The highest BCUT2D eigenvalue weighted by atomic mass is 79.9. The van der Waals surface area contributed by atoms with Gasteiger partial charge in [0, 0.05) is 20.6 Å². The Kier molecular flexibility index (Phi) is 4.25. The van der Waals surface area contributed by atoms with Gasteiger partial charge in [-0.1, -0.05) is 18.2 Å². The molecule has 1 atom stereocenters. The highest BCUT2D eigenvalue weighted by molar-refractivity contribution is 9.10. The normalized spacial score (nSPS) is 12.7. The summed E-state index contributed by atoms with van der Waals surface area (Å²) in [6, 6.07) is 8.29. The van der Waals surface area contributed by atoms with Crippen LogP contribution in [0.3, 0.4) is 0 Å². The number of aliphatic hydroxyl groups excluding tert-OH is 1. The van der Waals surface area contributed by atoms with E-state index >= 15 is 0 Å². The molecule has 0 saturated heterocycles. The van der Waals surface area contributed by atoms with E-state index < -0.39 is 6.10 Å². The molecular weight excluding hydrogens is 308 g/mol. The Morgan fingerprint density at radius 2 is 1.83 bits per heavy atom. The quantitative estimate of drug-likeness (QED) is 0.866. The van der Waals surface area contributed by atoms with Crippen LogP contribution in [0.15, 0.2) is 28.7 Å². The molecule has 1 aromatic heterocycles. The summed E-state index contributed by atoms with van der Waals surface area (Å²) in [6.45, 7) is 6.26. The van der Waals surface area contributed by atoms with Crippen molar-refractivity contribution >= 4 is 27.3 Å². The van der Waals surface area contributed by atoms with Gasteiger partial charge in [-0.3, -0.25) is 0 Å². The van der Waals surface area contributed by atoms with Crippen LogP contribution < -0.4 is 0 Å². The molecule has 18 heavy (non-hydrogen) atoms. The summed E-state index contributed by atoms with van der Waals surface area (Å²) in [6.07, 6.45) is 0.269. The molecule has 0 aliphatic heterocycles. The van der Waals surface area contributed by atoms with Gasteiger partial charge in [-0.05, 0) is 59.5 Å². The molecule has 0 aliphatic rings. The third-order valence-corrected chi connectivity index (χ3v) is 5.48. The van der Waals surface area contributed by atoms with Gasteiger partial charge in [0.15, 0.2) is 0 Å². The van der Waals surface area contributed by atoms with E-state index in [1.165, 1.54) is 21.6 Å². The van der Waals surface area contributed by atoms with E-state index in [-0.39, 0.29) is 0 Å². The maximum atomic E-state index is 10.4. The second-order valence-corrected chi connectivity index (χ2v) is 6.79. The number of aryl methyl sites for hydroxylation is 3. The number of aliphatic hydroxyl groups is 1. The second-order valence-electron chi connectivity index (χ2n) is 4.64. The lowest BCUT2D eigenvalue weighted by atomic mass is 9.97. The summed E-state index contributed by atoms with van der Waals surface area (Å²) in [5.74, 6) is 0. The van der Waals surface area contributed by atoms with E-state index in [4.69, 9.17) is 0 Å². The first-order valence-electron chi connectivity index (χ1n) is 5.98. The van der Waals surface area contributed by atoms with Gasteiger partial charge in [0.1, 0.15) is 0 Å². The van der Waals surface area contributed by atoms with Crippen molar-refractivity contribution in [1.29, 1.82) is 0 Å². The molecule has 0 amide bonds. The van der Waals surface area contributed by atoms with Crippen LogP contribution >= 0.6 is 27.3 Å². The molecule has 2 rings (SSSR count). The predicted octanol–water partition coefficient (Wildman–Crippen LogP) is 4.71. The molecule has 0 bridgehead atoms. The van der Waals surface area contributed by atoms with E-state index in [0.29, 0.717) is 6.42 Å². The Morgan fingerprint density at radius 3 is 2.33 bits per heavy atom. The first kappa shape index (κ1) is 13.8. The second kappa shape index (κ2) is 5.55. The van der Waals surface area contributed by atoms with Crippen LogP contribution in [-0.4, -0.2) is 5.11 Å². The van der Waals surface area contributed by atoms with Gasteiger partial charge in [0.05, 0.1) is 6.10 Å². The van der Waals surface area contributed by atoms with Gasteiger partial charge in [-0.25, -0.2) is 0 Å². The van der Waals surface area contributed by atoms with Gasteiger partial charge in [0.25, 0.3) is 0 Å². The molecule has 0 fully saturated rings. The average Bonchev–Trinajstić information content (AvgIpc) is 2.64. The maximum Gasteiger partial charge on any atom is 0.0922 e. The monoisotopic (exact) mass is 324 g/mol. The Bertz CT molecular complexity index is 520. The standard InChI is InChI=1S/C15H17BrOS/c1-9-5-4-6-10(2)12(9)7-14(17)15-8-13(16)11(3)18-15/h4-6,8,14,17H,7H2,1-3H3. The van der Waals surface area contributed by atoms with Crippen molar-refractivity contribution < 1.29 is 5.11 Å². The molecule has 1 N–H and O–H groups in total. The van der Waals surface area contributed by atoms with Crippen LogP contribution in [0.25, 0.3) is 0 Å². The molecule has 3 heteroatoms. The van der Waals surface area contributed by atoms with Crippen molar-refractivity contribution in [3.63, 3.8) is 0 Å². The first-order chi connectivity index (χ1) is 8.49. The van der Waals surface area contributed by atoms with E-state index in [1.807, 2.05) is 6.07 Å². The smallest absolute Gasteiger partial charge is 0.0922 e. The SMILES string of the molecule is Cc1cccc(C)c1CC(O)c1cc(Br)c(C)s1. The predicted molar refractivity (Wildman–Crippen MR) is 81.3 cm³/mol. The van der Waals surface area contributed by atoms with Gasteiger partial charge in [-0.15, -0.1) is 11.3 Å². The molecule has 1 heterocycles. The largest absolute Gasteiger partial charge is 0.387 e. The minimum absolute atomic E-state index is 0.417. The molecule has 1 aromatic carbocycles. The zero-order chi connectivity index (χ0) is 13.3. The molecule has 0 aliphatic carbocycles. The zero-order valence-electron chi connectivity index (χ0n) is 10.8. The Balaban J connectivity index is 2.23. The van der Waals surface area contributed by atoms with Crippen LogP contribution in [0, 0.1) is 20.8 Å². The van der Waals surface area contributed by atoms with Crippen LogP contribution in [0.2, 0.25) is 0 Å². The van der Waals surface area contributed by atoms with Crippen molar-refractivity contribution in [3.05, 3.63) is 55.2 Å². The van der Waals surface area contributed by atoms with Crippen molar-refractivity contribution in [1.82, 2.24) is 0 Å².